The van der Waals surface area contributed by atoms with Crippen molar-refractivity contribution in [2.75, 3.05) is 6.61 Å². The highest BCUT2D eigenvalue weighted by atomic mass is 16.5. The van der Waals surface area contributed by atoms with E-state index in [1.165, 1.54) is 0 Å². The van der Waals surface area contributed by atoms with Crippen LogP contribution in [0.1, 0.15) is 71.4 Å². The van der Waals surface area contributed by atoms with E-state index in [9.17, 15) is 4.79 Å². The number of carboxylic acid groups (broad SMARTS) is 1. The van der Waals surface area contributed by atoms with Crippen molar-refractivity contribution in [3.05, 3.63) is 29.3 Å². The van der Waals surface area contributed by atoms with E-state index >= 15 is 0 Å². The van der Waals surface area contributed by atoms with E-state index < -0.39 is 5.97 Å². The zero-order chi connectivity index (χ0) is 16.9. The number of carbonyl (C=O) groups is 1. The van der Waals surface area contributed by atoms with Gasteiger partial charge in [0.2, 0.25) is 0 Å². The van der Waals surface area contributed by atoms with Crippen LogP contribution in [0.25, 0.3) is 0 Å². The van der Waals surface area contributed by atoms with Crippen LogP contribution < -0.4 is 4.74 Å². The summed E-state index contributed by atoms with van der Waals surface area (Å²) in [6.45, 7) is 13.5. The summed E-state index contributed by atoms with van der Waals surface area (Å²) in [4.78, 5) is 11.0. The smallest absolute Gasteiger partial charge is 0.303 e. The molecule has 124 valence electrons. The van der Waals surface area contributed by atoms with Crippen LogP contribution in [-0.4, -0.2) is 17.7 Å². The lowest BCUT2D eigenvalue weighted by molar-refractivity contribution is -0.137. The van der Waals surface area contributed by atoms with Gasteiger partial charge in [-0.05, 0) is 40.9 Å². The second-order valence-electron chi connectivity index (χ2n) is 7.41. The third kappa shape index (κ3) is 5.36. The highest BCUT2D eigenvalue weighted by Gasteiger charge is 2.22. The zero-order valence-electron chi connectivity index (χ0n) is 14.8. The molecule has 1 aromatic rings. The maximum atomic E-state index is 11.0. The molecule has 1 atom stereocenters. The van der Waals surface area contributed by atoms with Crippen molar-refractivity contribution in [1.29, 1.82) is 0 Å². The standard InChI is InChI=1S/C19H30O3/c1-7-14(11-18(20)21)15-8-9-17(22-12-13(2)3)16(10-15)19(4,5)6/h8-10,13-14H,7,11-12H2,1-6H3,(H,20,21). The van der Waals surface area contributed by atoms with Crippen molar-refractivity contribution >= 4 is 5.97 Å². The molecule has 22 heavy (non-hydrogen) atoms. The summed E-state index contributed by atoms with van der Waals surface area (Å²) in [5.41, 5.74) is 2.20. The normalized spacial score (nSPS) is 13.2. The number of hydrogen-bond acceptors (Lipinski definition) is 2. The Morgan fingerprint density at radius 2 is 1.91 bits per heavy atom. The fourth-order valence-electron chi connectivity index (χ4n) is 2.48. The topological polar surface area (TPSA) is 46.5 Å². The summed E-state index contributed by atoms with van der Waals surface area (Å²) >= 11 is 0. The van der Waals surface area contributed by atoms with Gasteiger partial charge in [0.25, 0.3) is 0 Å². The average Bonchev–Trinajstić information content (AvgIpc) is 2.41. The summed E-state index contributed by atoms with van der Waals surface area (Å²) in [6, 6.07) is 6.15. The van der Waals surface area contributed by atoms with Crippen molar-refractivity contribution in [2.45, 2.75) is 65.7 Å². The number of ether oxygens (including phenoxy) is 1. The van der Waals surface area contributed by atoms with Crippen molar-refractivity contribution in [1.82, 2.24) is 0 Å². The Morgan fingerprint density at radius 3 is 2.36 bits per heavy atom. The maximum Gasteiger partial charge on any atom is 0.303 e. The Hall–Kier alpha value is -1.51. The Balaban J connectivity index is 3.16. The predicted octanol–water partition coefficient (Wildman–Crippen LogP) is 4.99. The van der Waals surface area contributed by atoms with E-state index in [0.717, 1.165) is 23.3 Å². The van der Waals surface area contributed by atoms with Crippen LogP contribution in [0.4, 0.5) is 0 Å². The number of carboxylic acids is 1. The molecular formula is C19H30O3. The Kier molecular flexibility index (Phi) is 6.46. The second kappa shape index (κ2) is 7.66. The van der Waals surface area contributed by atoms with Gasteiger partial charge >= 0.3 is 5.97 Å². The van der Waals surface area contributed by atoms with Crippen molar-refractivity contribution < 1.29 is 14.6 Å². The van der Waals surface area contributed by atoms with Crippen LogP contribution in [0.2, 0.25) is 0 Å². The summed E-state index contributed by atoms with van der Waals surface area (Å²) in [6.07, 6.45) is 0.994. The molecule has 0 heterocycles. The van der Waals surface area contributed by atoms with Crippen molar-refractivity contribution in [2.24, 2.45) is 5.92 Å². The van der Waals surface area contributed by atoms with E-state index in [-0.39, 0.29) is 17.8 Å². The number of benzene rings is 1. The van der Waals surface area contributed by atoms with Gasteiger partial charge < -0.3 is 9.84 Å². The van der Waals surface area contributed by atoms with Gasteiger partial charge in [-0.2, -0.15) is 0 Å². The first-order valence-corrected chi connectivity index (χ1v) is 8.14. The molecule has 1 rings (SSSR count). The van der Waals surface area contributed by atoms with Crippen LogP contribution in [-0.2, 0) is 10.2 Å². The Bertz CT molecular complexity index is 498. The molecule has 0 aliphatic carbocycles. The average molecular weight is 306 g/mol. The van der Waals surface area contributed by atoms with Gasteiger partial charge in [-0.25, -0.2) is 0 Å². The molecule has 0 aromatic heterocycles. The maximum absolute atomic E-state index is 11.0. The molecule has 1 unspecified atom stereocenters. The second-order valence-corrected chi connectivity index (χ2v) is 7.41. The first-order chi connectivity index (χ1) is 10.1. The first-order valence-electron chi connectivity index (χ1n) is 8.14. The summed E-state index contributed by atoms with van der Waals surface area (Å²) in [5, 5.41) is 9.08. The molecule has 0 spiro atoms. The van der Waals surface area contributed by atoms with Crippen LogP contribution >= 0.6 is 0 Å². The fourth-order valence-corrected chi connectivity index (χ4v) is 2.48. The lowest BCUT2D eigenvalue weighted by Crippen LogP contribution is -2.16. The molecule has 0 saturated heterocycles. The van der Waals surface area contributed by atoms with Gasteiger partial charge in [0.05, 0.1) is 13.0 Å². The monoisotopic (exact) mass is 306 g/mol. The summed E-state index contributed by atoms with van der Waals surface area (Å²) in [5.74, 6) is 0.695. The Morgan fingerprint density at radius 1 is 1.27 bits per heavy atom. The van der Waals surface area contributed by atoms with E-state index in [2.05, 4.69) is 40.7 Å². The molecule has 0 bridgehead atoms. The largest absolute Gasteiger partial charge is 0.493 e. The van der Waals surface area contributed by atoms with Crippen LogP contribution in [0.5, 0.6) is 5.75 Å². The van der Waals surface area contributed by atoms with E-state index in [4.69, 9.17) is 9.84 Å². The minimum absolute atomic E-state index is 0.0379. The van der Waals surface area contributed by atoms with Crippen LogP contribution in [0.15, 0.2) is 18.2 Å². The molecule has 0 aliphatic heterocycles. The molecular weight excluding hydrogens is 276 g/mol. The highest BCUT2D eigenvalue weighted by molar-refractivity contribution is 5.68. The molecule has 3 heteroatoms. The van der Waals surface area contributed by atoms with Gasteiger partial charge in [0.1, 0.15) is 5.75 Å². The van der Waals surface area contributed by atoms with E-state index in [1.54, 1.807) is 0 Å². The minimum Gasteiger partial charge on any atom is -0.493 e. The number of aliphatic carboxylic acids is 1. The summed E-state index contributed by atoms with van der Waals surface area (Å²) in [7, 11) is 0. The van der Waals surface area contributed by atoms with E-state index in [0.29, 0.717) is 12.5 Å². The fraction of sp³-hybridized carbons (Fsp3) is 0.632. The summed E-state index contributed by atoms with van der Waals surface area (Å²) < 4.78 is 5.96. The third-order valence-corrected chi connectivity index (χ3v) is 3.77. The van der Waals surface area contributed by atoms with Gasteiger partial charge in [0.15, 0.2) is 0 Å². The van der Waals surface area contributed by atoms with Gasteiger partial charge in [-0.3, -0.25) is 4.79 Å². The van der Waals surface area contributed by atoms with Gasteiger partial charge in [-0.15, -0.1) is 0 Å². The molecule has 3 nitrogen and oxygen atoms in total. The molecule has 1 aromatic carbocycles. The Labute approximate surface area is 134 Å². The number of hydrogen-bond donors (Lipinski definition) is 1. The van der Waals surface area contributed by atoms with Gasteiger partial charge in [-0.1, -0.05) is 53.7 Å². The lowest BCUT2D eigenvalue weighted by atomic mass is 9.82. The highest BCUT2D eigenvalue weighted by Crippen LogP contribution is 2.35. The SMILES string of the molecule is CCC(CC(=O)O)c1ccc(OCC(C)C)c(C(C)(C)C)c1. The molecule has 1 N–H and O–H groups in total. The molecule has 0 fully saturated rings. The van der Waals surface area contributed by atoms with Gasteiger partial charge in [0, 0.05) is 0 Å². The minimum atomic E-state index is -0.746. The van der Waals surface area contributed by atoms with Crippen molar-refractivity contribution in [3.8, 4) is 5.75 Å². The molecule has 0 aliphatic rings. The quantitative estimate of drug-likeness (QED) is 0.772. The predicted molar refractivity (Wildman–Crippen MR) is 90.8 cm³/mol. The first kappa shape index (κ1) is 18.5. The van der Waals surface area contributed by atoms with Crippen molar-refractivity contribution in [3.63, 3.8) is 0 Å². The zero-order valence-corrected chi connectivity index (χ0v) is 14.8. The molecule has 0 saturated carbocycles. The van der Waals surface area contributed by atoms with E-state index in [1.807, 2.05) is 19.1 Å². The third-order valence-electron chi connectivity index (χ3n) is 3.77. The van der Waals surface area contributed by atoms with Crippen LogP contribution in [0.3, 0.4) is 0 Å². The molecule has 0 amide bonds. The lowest BCUT2D eigenvalue weighted by Gasteiger charge is -2.25. The van der Waals surface area contributed by atoms with Crippen LogP contribution in [0, 0.1) is 5.92 Å². The molecule has 0 radical (unpaired) electrons. The number of rotatable bonds is 7.